The number of amides is 2. The molecule has 1 aliphatic heterocycles. The van der Waals surface area contributed by atoms with Crippen molar-refractivity contribution in [3.63, 3.8) is 0 Å². The topological polar surface area (TPSA) is 76.7 Å². The predicted molar refractivity (Wildman–Crippen MR) is 90.9 cm³/mol. The average molecular weight is 347 g/mol. The number of hydrogen-bond acceptors (Lipinski definition) is 4. The van der Waals surface area contributed by atoms with Crippen molar-refractivity contribution in [2.24, 2.45) is 0 Å². The molecule has 3 rings (SSSR count). The number of ether oxygens (including phenoxy) is 2. The molecule has 0 saturated heterocycles. The van der Waals surface area contributed by atoms with E-state index in [1.807, 2.05) is 0 Å². The smallest absolute Gasteiger partial charge is 0.314 e. The molecule has 0 aliphatic carbocycles. The molecule has 6 nitrogen and oxygen atoms in total. The zero-order chi connectivity index (χ0) is 17.1. The van der Waals surface area contributed by atoms with Crippen molar-refractivity contribution in [1.82, 2.24) is 0 Å². The Morgan fingerprint density at radius 3 is 2.50 bits per heavy atom. The molecule has 124 valence electrons. The summed E-state index contributed by atoms with van der Waals surface area (Å²) in [5.41, 5.74) is 1.63. The summed E-state index contributed by atoms with van der Waals surface area (Å²) in [4.78, 5) is 24.1. The van der Waals surface area contributed by atoms with E-state index in [9.17, 15) is 9.59 Å². The molecule has 0 atom stereocenters. The van der Waals surface area contributed by atoms with Gasteiger partial charge in [-0.25, -0.2) is 0 Å². The summed E-state index contributed by atoms with van der Waals surface area (Å²) in [6.07, 6.45) is 0. The van der Waals surface area contributed by atoms with Gasteiger partial charge in [0.2, 0.25) is 0 Å². The van der Waals surface area contributed by atoms with Crippen LogP contribution in [0.1, 0.15) is 5.56 Å². The molecule has 2 aromatic rings. The number of carbonyl (C=O) groups is 2. The maximum absolute atomic E-state index is 12.1. The lowest BCUT2D eigenvalue weighted by Gasteiger charge is -2.19. The van der Waals surface area contributed by atoms with Gasteiger partial charge in [-0.05, 0) is 36.8 Å². The molecular formula is C17H15ClN2O4. The Bertz CT molecular complexity index is 807. The zero-order valence-electron chi connectivity index (χ0n) is 12.9. The lowest BCUT2D eigenvalue weighted by molar-refractivity contribution is -0.133. The minimum Gasteiger partial charge on any atom is -0.486 e. The summed E-state index contributed by atoms with van der Waals surface area (Å²) in [5.74, 6) is -0.426. The van der Waals surface area contributed by atoms with Crippen LogP contribution in [0.15, 0.2) is 36.4 Å². The van der Waals surface area contributed by atoms with Crippen LogP contribution >= 0.6 is 11.6 Å². The second kappa shape index (κ2) is 6.80. The highest BCUT2D eigenvalue weighted by Gasteiger charge is 2.17. The third-order valence-corrected chi connectivity index (χ3v) is 3.93. The van der Waals surface area contributed by atoms with Crippen LogP contribution in [0.4, 0.5) is 11.4 Å². The maximum atomic E-state index is 12.1. The summed E-state index contributed by atoms with van der Waals surface area (Å²) in [6, 6.07) is 10.0. The van der Waals surface area contributed by atoms with Gasteiger partial charge in [-0.3, -0.25) is 9.59 Å². The van der Waals surface area contributed by atoms with Crippen LogP contribution in [0.25, 0.3) is 0 Å². The molecule has 2 amide bonds. The van der Waals surface area contributed by atoms with Crippen LogP contribution in [-0.4, -0.2) is 25.0 Å². The number of rotatable bonds is 2. The third-order valence-electron chi connectivity index (χ3n) is 3.52. The molecular weight excluding hydrogens is 332 g/mol. The Hall–Kier alpha value is -2.73. The van der Waals surface area contributed by atoms with Crippen molar-refractivity contribution in [3.8, 4) is 11.5 Å². The van der Waals surface area contributed by atoms with Crippen molar-refractivity contribution in [2.75, 3.05) is 23.8 Å². The highest BCUT2D eigenvalue weighted by atomic mass is 35.5. The largest absolute Gasteiger partial charge is 0.486 e. The number of anilines is 2. The lowest BCUT2D eigenvalue weighted by Crippen LogP contribution is -2.29. The van der Waals surface area contributed by atoms with Crippen molar-refractivity contribution >= 4 is 34.8 Å². The lowest BCUT2D eigenvalue weighted by atomic mass is 10.2. The van der Waals surface area contributed by atoms with Crippen molar-refractivity contribution in [2.45, 2.75) is 6.92 Å². The summed E-state index contributed by atoms with van der Waals surface area (Å²) < 4.78 is 10.8. The fourth-order valence-corrected chi connectivity index (χ4v) is 2.41. The molecule has 2 aromatic carbocycles. The first-order chi connectivity index (χ1) is 11.5. The van der Waals surface area contributed by atoms with Gasteiger partial charge in [-0.1, -0.05) is 17.7 Å². The fraction of sp³-hybridized carbons (Fsp3) is 0.176. The molecule has 1 heterocycles. The van der Waals surface area contributed by atoms with Gasteiger partial charge in [0, 0.05) is 22.5 Å². The summed E-state index contributed by atoms with van der Waals surface area (Å²) in [7, 11) is 0. The predicted octanol–water partition coefficient (Wildman–Crippen LogP) is 3.00. The fourth-order valence-electron chi connectivity index (χ4n) is 2.23. The highest BCUT2D eigenvalue weighted by molar-refractivity contribution is 6.44. The number of hydrogen-bond donors (Lipinski definition) is 2. The van der Waals surface area contributed by atoms with Gasteiger partial charge in [0.25, 0.3) is 0 Å². The van der Waals surface area contributed by atoms with Crippen LogP contribution in [0, 0.1) is 6.92 Å². The average Bonchev–Trinajstić information content (AvgIpc) is 2.58. The first-order valence-electron chi connectivity index (χ1n) is 7.31. The summed E-state index contributed by atoms with van der Waals surface area (Å²) in [5, 5.41) is 5.58. The Kier molecular flexibility index (Phi) is 4.57. The molecule has 0 saturated carbocycles. The molecule has 0 unspecified atom stereocenters. The Morgan fingerprint density at radius 1 is 1.00 bits per heavy atom. The van der Waals surface area contributed by atoms with E-state index in [1.54, 1.807) is 43.3 Å². The van der Waals surface area contributed by atoms with Gasteiger partial charge in [0.1, 0.15) is 13.2 Å². The standard InChI is InChI=1S/C17H15ClN2O4/c1-10-12(18)3-2-4-13(10)20-17(22)16(21)19-11-5-6-14-15(9-11)24-8-7-23-14/h2-6,9H,7-8H2,1H3,(H,19,21)(H,20,22). The second-order valence-corrected chi connectivity index (χ2v) is 5.59. The number of halogens is 1. The van der Waals surface area contributed by atoms with E-state index in [-0.39, 0.29) is 0 Å². The Balaban J connectivity index is 1.68. The minimum absolute atomic E-state index is 0.443. The first-order valence-corrected chi connectivity index (χ1v) is 7.69. The molecule has 0 radical (unpaired) electrons. The van der Waals surface area contributed by atoms with Gasteiger partial charge in [0.15, 0.2) is 11.5 Å². The quantitative estimate of drug-likeness (QED) is 0.819. The molecule has 7 heteroatoms. The SMILES string of the molecule is Cc1c(Cl)cccc1NC(=O)C(=O)Nc1ccc2c(c1)OCCO2. The van der Waals surface area contributed by atoms with Crippen molar-refractivity contribution in [1.29, 1.82) is 0 Å². The molecule has 1 aliphatic rings. The van der Waals surface area contributed by atoms with Gasteiger partial charge in [-0.2, -0.15) is 0 Å². The molecule has 0 bridgehead atoms. The van der Waals surface area contributed by atoms with E-state index in [2.05, 4.69) is 10.6 Å². The van der Waals surface area contributed by atoms with Gasteiger partial charge in [0.05, 0.1) is 0 Å². The Morgan fingerprint density at radius 2 is 1.71 bits per heavy atom. The highest BCUT2D eigenvalue weighted by Crippen LogP contribution is 2.32. The molecule has 0 fully saturated rings. The third kappa shape index (κ3) is 3.44. The normalized spacial score (nSPS) is 12.4. The molecule has 0 aromatic heterocycles. The first kappa shape index (κ1) is 16.1. The summed E-state index contributed by atoms with van der Waals surface area (Å²) >= 11 is 6.00. The Labute approximate surface area is 143 Å². The zero-order valence-corrected chi connectivity index (χ0v) is 13.6. The van der Waals surface area contributed by atoms with Crippen LogP contribution < -0.4 is 20.1 Å². The van der Waals surface area contributed by atoms with E-state index in [4.69, 9.17) is 21.1 Å². The van der Waals surface area contributed by atoms with Crippen molar-refractivity contribution in [3.05, 3.63) is 47.0 Å². The van der Waals surface area contributed by atoms with Crippen LogP contribution in [0.3, 0.4) is 0 Å². The molecule has 0 spiro atoms. The van der Waals surface area contributed by atoms with Crippen LogP contribution in [0.2, 0.25) is 5.02 Å². The number of fused-ring (bicyclic) bond motifs is 1. The van der Waals surface area contributed by atoms with E-state index in [1.165, 1.54) is 0 Å². The van der Waals surface area contributed by atoms with E-state index >= 15 is 0 Å². The minimum atomic E-state index is -0.786. The van der Waals surface area contributed by atoms with Gasteiger partial charge in [-0.15, -0.1) is 0 Å². The van der Waals surface area contributed by atoms with Gasteiger partial charge < -0.3 is 20.1 Å². The van der Waals surface area contributed by atoms with Gasteiger partial charge >= 0.3 is 11.8 Å². The second-order valence-electron chi connectivity index (χ2n) is 5.18. The van der Waals surface area contributed by atoms with Crippen LogP contribution in [-0.2, 0) is 9.59 Å². The van der Waals surface area contributed by atoms with Crippen molar-refractivity contribution < 1.29 is 19.1 Å². The van der Waals surface area contributed by atoms with Crippen LogP contribution in [0.5, 0.6) is 11.5 Å². The van der Waals surface area contributed by atoms with E-state index < -0.39 is 11.8 Å². The number of benzene rings is 2. The molecule has 24 heavy (non-hydrogen) atoms. The number of carbonyl (C=O) groups excluding carboxylic acids is 2. The van der Waals surface area contributed by atoms with E-state index in [0.29, 0.717) is 46.7 Å². The van der Waals surface area contributed by atoms with E-state index in [0.717, 1.165) is 0 Å². The molecule has 2 N–H and O–H groups in total. The maximum Gasteiger partial charge on any atom is 0.314 e. The summed E-state index contributed by atoms with van der Waals surface area (Å²) in [6.45, 7) is 2.69. The monoisotopic (exact) mass is 346 g/mol. The number of nitrogens with one attached hydrogen (secondary N) is 2.